The summed E-state index contributed by atoms with van der Waals surface area (Å²) in [6.07, 6.45) is 1.05. The van der Waals surface area contributed by atoms with Crippen LogP contribution < -0.4 is 10.6 Å². The average molecular weight is 202 g/mol. The Morgan fingerprint density at radius 3 is 3.07 bits per heavy atom. The molecule has 1 aliphatic heterocycles. The maximum Gasteiger partial charge on any atom is 0.315 e. The second-order valence-corrected chi connectivity index (χ2v) is 3.48. The third kappa shape index (κ3) is 3.93. The highest BCUT2D eigenvalue weighted by atomic mass is 16.5. The predicted molar refractivity (Wildman–Crippen MR) is 52.1 cm³/mol. The molecule has 0 aromatic rings. The summed E-state index contributed by atoms with van der Waals surface area (Å²) >= 11 is 0. The van der Waals surface area contributed by atoms with Gasteiger partial charge >= 0.3 is 6.03 Å². The number of carbonyl (C=O) groups excluding carboxylic acids is 1. The van der Waals surface area contributed by atoms with E-state index in [4.69, 9.17) is 4.74 Å². The Morgan fingerprint density at radius 1 is 1.71 bits per heavy atom. The minimum atomic E-state index is -0.458. The van der Waals surface area contributed by atoms with Gasteiger partial charge in [0, 0.05) is 13.2 Å². The molecule has 0 aliphatic carbocycles. The molecule has 0 radical (unpaired) electrons. The Hall–Kier alpha value is -0.810. The molecule has 0 aromatic heterocycles. The van der Waals surface area contributed by atoms with Crippen LogP contribution in [0.3, 0.4) is 0 Å². The summed E-state index contributed by atoms with van der Waals surface area (Å²) in [5, 5.41) is 14.6. The van der Waals surface area contributed by atoms with Crippen molar-refractivity contribution in [2.75, 3.05) is 19.8 Å². The first-order chi connectivity index (χ1) is 6.72. The van der Waals surface area contributed by atoms with Crippen LogP contribution in [0.15, 0.2) is 0 Å². The van der Waals surface area contributed by atoms with E-state index in [2.05, 4.69) is 10.6 Å². The Bertz CT molecular complexity index is 181. The van der Waals surface area contributed by atoms with Crippen molar-refractivity contribution >= 4 is 6.03 Å². The molecular weight excluding hydrogens is 184 g/mol. The molecule has 2 unspecified atom stereocenters. The van der Waals surface area contributed by atoms with Gasteiger partial charge in [-0.2, -0.15) is 0 Å². The molecule has 0 aromatic carbocycles. The molecule has 0 spiro atoms. The van der Waals surface area contributed by atoms with Crippen LogP contribution in [0.1, 0.15) is 19.8 Å². The van der Waals surface area contributed by atoms with Crippen LogP contribution in [-0.4, -0.2) is 43.0 Å². The van der Waals surface area contributed by atoms with Crippen LogP contribution in [0.5, 0.6) is 0 Å². The van der Waals surface area contributed by atoms with Gasteiger partial charge in [0.1, 0.15) is 0 Å². The molecule has 5 heteroatoms. The summed E-state index contributed by atoms with van der Waals surface area (Å²) in [7, 11) is 0. The number of urea groups is 1. The van der Waals surface area contributed by atoms with Gasteiger partial charge in [0.2, 0.25) is 0 Å². The Kier molecular flexibility index (Phi) is 4.69. The standard InChI is InChI=1S/C9H18N2O3/c1-2-8(12)5-10-9(13)11-7-3-4-14-6-7/h7-8,12H,2-6H2,1H3,(H2,10,11,13). The van der Waals surface area contributed by atoms with Gasteiger partial charge in [-0.25, -0.2) is 4.79 Å². The minimum absolute atomic E-state index is 0.119. The molecule has 5 nitrogen and oxygen atoms in total. The lowest BCUT2D eigenvalue weighted by Crippen LogP contribution is -2.44. The molecule has 82 valence electrons. The summed E-state index contributed by atoms with van der Waals surface area (Å²) in [6.45, 7) is 3.47. The largest absolute Gasteiger partial charge is 0.391 e. The molecule has 0 bridgehead atoms. The van der Waals surface area contributed by atoms with E-state index >= 15 is 0 Å². The topological polar surface area (TPSA) is 70.6 Å². The van der Waals surface area contributed by atoms with Gasteiger partial charge in [-0.05, 0) is 12.8 Å². The van der Waals surface area contributed by atoms with E-state index in [1.807, 2.05) is 6.92 Å². The van der Waals surface area contributed by atoms with Gasteiger partial charge < -0.3 is 20.5 Å². The summed E-state index contributed by atoms with van der Waals surface area (Å²) < 4.78 is 5.11. The van der Waals surface area contributed by atoms with E-state index in [1.165, 1.54) is 0 Å². The maximum atomic E-state index is 11.2. The fourth-order valence-corrected chi connectivity index (χ4v) is 1.24. The van der Waals surface area contributed by atoms with Crippen molar-refractivity contribution in [3.8, 4) is 0 Å². The summed E-state index contributed by atoms with van der Waals surface area (Å²) in [6, 6.07) is -0.109. The number of rotatable bonds is 4. The molecule has 14 heavy (non-hydrogen) atoms. The molecular formula is C9H18N2O3. The molecule has 2 amide bonds. The van der Waals surface area contributed by atoms with E-state index in [0.29, 0.717) is 26.2 Å². The second kappa shape index (κ2) is 5.82. The van der Waals surface area contributed by atoms with Crippen molar-refractivity contribution in [1.82, 2.24) is 10.6 Å². The lowest BCUT2D eigenvalue weighted by Gasteiger charge is -2.13. The van der Waals surface area contributed by atoms with E-state index in [0.717, 1.165) is 6.42 Å². The smallest absolute Gasteiger partial charge is 0.315 e. The lowest BCUT2D eigenvalue weighted by atomic mass is 10.2. The Balaban J connectivity index is 2.09. The van der Waals surface area contributed by atoms with E-state index < -0.39 is 6.10 Å². The quantitative estimate of drug-likeness (QED) is 0.593. The highest BCUT2D eigenvalue weighted by molar-refractivity contribution is 5.74. The zero-order valence-corrected chi connectivity index (χ0v) is 8.45. The molecule has 1 heterocycles. The molecule has 3 N–H and O–H groups in total. The van der Waals surface area contributed by atoms with Gasteiger partial charge in [-0.1, -0.05) is 6.92 Å². The monoisotopic (exact) mass is 202 g/mol. The van der Waals surface area contributed by atoms with Gasteiger partial charge in [0.05, 0.1) is 18.8 Å². The zero-order valence-electron chi connectivity index (χ0n) is 8.45. The van der Waals surface area contributed by atoms with Crippen molar-refractivity contribution in [2.24, 2.45) is 0 Å². The van der Waals surface area contributed by atoms with E-state index in [1.54, 1.807) is 0 Å². The fourth-order valence-electron chi connectivity index (χ4n) is 1.24. The Morgan fingerprint density at radius 2 is 2.50 bits per heavy atom. The van der Waals surface area contributed by atoms with Crippen LogP contribution in [0.25, 0.3) is 0 Å². The normalized spacial score (nSPS) is 23.1. The molecule has 1 aliphatic rings. The molecule has 2 atom stereocenters. The third-order valence-electron chi connectivity index (χ3n) is 2.23. The predicted octanol–water partition coefficient (Wildman–Crippen LogP) is -0.155. The first-order valence-corrected chi connectivity index (χ1v) is 5.02. The number of aliphatic hydroxyl groups is 1. The minimum Gasteiger partial charge on any atom is -0.391 e. The SMILES string of the molecule is CCC(O)CNC(=O)NC1CCOC1. The molecule has 1 rings (SSSR count). The van der Waals surface area contributed by atoms with Crippen LogP contribution in [0, 0.1) is 0 Å². The van der Waals surface area contributed by atoms with Gasteiger partial charge in [0.15, 0.2) is 0 Å². The maximum absolute atomic E-state index is 11.2. The molecule has 0 saturated carbocycles. The summed E-state index contributed by atoms with van der Waals surface area (Å²) in [5.74, 6) is 0. The number of ether oxygens (including phenoxy) is 1. The molecule has 1 saturated heterocycles. The van der Waals surface area contributed by atoms with Crippen molar-refractivity contribution in [2.45, 2.75) is 31.9 Å². The lowest BCUT2D eigenvalue weighted by molar-refractivity contribution is 0.165. The fraction of sp³-hybridized carbons (Fsp3) is 0.889. The van der Waals surface area contributed by atoms with Crippen LogP contribution >= 0.6 is 0 Å². The second-order valence-electron chi connectivity index (χ2n) is 3.48. The first-order valence-electron chi connectivity index (χ1n) is 5.02. The third-order valence-corrected chi connectivity index (χ3v) is 2.23. The number of nitrogens with one attached hydrogen (secondary N) is 2. The number of carbonyl (C=O) groups is 1. The average Bonchev–Trinajstić information content (AvgIpc) is 2.66. The van der Waals surface area contributed by atoms with Crippen molar-refractivity contribution in [1.29, 1.82) is 0 Å². The number of hydrogen-bond acceptors (Lipinski definition) is 3. The summed E-state index contributed by atoms with van der Waals surface area (Å²) in [4.78, 5) is 11.2. The number of amides is 2. The van der Waals surface area contributed by atoms with Crippen molar-refractivity contribution in [3.05, 3.63) is 0 Å². The first kappa shape index (κ1) is 11.3. The van der Waals surface area contributed by atoms with Gasteiger partial charge in [-0.3, -0.25) is 0 Å². The van der Waals surface area contributed by atoms with Gasteiger partial charge in [-0.15, -0.1) is 0 Å². The van der Waals surface area contributed by atoms with Crippen LogP contribution in [0.2, 0.25) is 0 Å². The van der Waals surface area contributed by atoms with E-state index in [-0.39, 0.29) is 12.1 Å². The highest BCUT2D eigenvalue weighted by Crippen LogP contribution is 2.02. The zero-order chi connectivity index (χ0) is 10.4. The molecule has 1 fully saturated rings. The van der Waals surface area contributed by atoms with Crippen LogP contribution in [-0.2, 0) is 4.74 Å². The Labute approximate surface area is 83.8 Å². The number of aliphatic hydroxyl groups excluding tert-OH is 1. The van der Waals surface area contributed by atoms with Crippen molar-refractivity contribution < 1.29 is 14.6 Å². The van der Waals surface area contributed by atoms with E-state index in [9.17, 15) is 9.90 Å². The number of hydrogen-bond donors (Lipinski definition) is 3. The van der Waals surface area contributed by atoms with Crippen molar-refractivity contribution in [3.63, 3.8) is 0 Å². The van der Waals surface area contributed by atoms with Gasteiger partial charge in [0.25, 0.3) is 0 Å². The highest BCUT2D eigenvalue weighted by Gasteiger charge is 2.17. The summed E-state index contributed by atoms with van der Waals surface area (Å²) in [5.41, 5.74) is 0. The van der Waals surface area contributed by atoms with Crippen LogP contribution in [0.4, 0.5) is 4.79 Å².